The molecule has 1 aliphatic rings. The summed E-state index contributed by atoms with van der Waals surface area (Å²) >= 11 is 0. The summed E-state index contributed by atoms with van der Waals surface area (Å²) in [5.74, 6) is -0.671. The third kappa shape index (κ3) is 6.03. The minimum Gasteiger partial charge on any atom is -0.481 e. The highest BCUT2D eigenvalue weighted by atomic mass is 16.5. The molecule has 0 saturated carbocycles. The Hall–Kier alpha value is -0.610. The molecule has 4 nitrogen and oxygen atoms in total. The molecule has 1 heterocycles. The van der Waals surface area contributed by atoms with Crippen LogP contribution in [0, 0.1) is 0 Å². The molecule has 1 saturated heterocycles. The monoisotopic (exact) mass is 243 g/mol. The van der Waals surface area contributed by atoms with Crippen LogP contribution >= 0.6 is 0 Å². The smallest absolute Gasteiger partial charge is 0.303 e. The molecule has 0 amide bonds. The minimum absolute atomic E-state index is 0.305. The van der Waals surface area contributed by atoms with E-state index in [1.807, 2.05) is 0 Å². The fraction of sp³-hybridized carbons (Fsp3) is 0.923. The SMILES string of the molecule is COCCCCN1CCCCC1CCC(=O)O. The average Bonchev–Trinajstić information content (AvgIpc) is 2.33. The summed E-state index contributed by atoms with van der Waals surface area (Å²) in [6.07, 6.45) is 7.03. The Morgan fingerprint density at radius 2 is 2.24 bits per heavy atom. The molecule has 17 heavy (non-hydrogen) atoms. The summed E-state index contributed by atoms with van der Waals surface area (Å²) in [6, 6.07) is 0.488. The zero-order valence-corrected chi connectivity index (χ0v) is 10.9. The third-order valence-corrected chi connectivity index (χ3v) is 3.48. The molecule has 0 aliphatic carbocycles. The number of methoxy groups -OCH3 is 1. The van der Waals surface area contributed by atoms with Gasteiger partial charge in [-0.15, -0.1) is 0 Å². The number of hydrogen-bond acceptors (Lipinski definition) is 3. The van der Waals surface area contributed by atoms with Gasteiger partial charge in [0.05, 0.1) is 0 Å². The summed E-state index contributed by atoms with van der Waals surface area (Å²) in [6.45, 7) is 3.05. The number of aliphatic carboxylic acids is 1. The number of ether oxygens (including phenoxy) is 1. The Bertz CT molecular complexity index is 221. The Morgan fingerprint density at radius 3 is 2.94 bits per heavy atom. The van der Waals surface area contributed by atoms with Crippen molar-refractivity contribution in [2.75, 3.05) is 26.8 Å². The maximum absolute atomic E-state index is 10.6. The van der Waals surface area contributed by atoms with E-state index in [-0.39, 0.29) is 0 Å². The number of carbonyl (C=O) groups is 1. The van der Waals surface area contributed by atoms with Crippen LogP contribution in [0.5, 0.6) is 0 Å². The van der Waals surface area contributed by atoms with Gasteiger partial charge in [0.25, 0.3) is 0 Å². The average molecular weight is 243 g/mol. The van der Waals surface area contributed by atoms with E-state index in [4.69, 9.17) is 9.84 Å². The Kier molecular flexibility index (Phi) is 7.21. The van der Waals surface area contributed by atoms with Gasteiger partial charge in [0.1, 0.15) is 0 Å². The van der Waals surface area contributed by atoms with Crippen LogP contribution in [-0.2, 0) is 9.53 Å². The highest BCUT2D eigenvalue weighted by Gasteiger charge is 2.22. The van der Waals surface area contributed by atoms with Crippen molar-refractivity contribution in [3.8, 4) is 0 Å². The van der Waals surface area contributed by atoms with E-state index in [1.54, 1.807) is 7.11 Å². The fourth-order valence-corrected chi connectivity index (χ4v) is 2.53. The van der Waals surface area contributed by atoms with Crippen molar-refractivity contribution in [1.29, 1.82) is 0 Å². The molecule has 0 radical (unpaired) electrons. The number of unbranched alkanes of at least 4 members (excludes halogenated alkanes) is 1. The van der Waals surface area contributed by atoms with Gasteiger partial charge in [-0.1, -0.05) is 6.42 Å². The van der Waals surface area contributed by atoms with Gasteiger partial charge in [-0.25, -0.2) is 0 Å². The lowest BCUT2D eigenvalue weighted by Gasteiger charge is -2.35. The van der Waals surface area contributed by atoms with Crippen molar-refractivity contribution < 1.29 is 14.6 Å². The first-order valence-corrected chi connectivity index (χ1v) is 6.69. The topological polar surface area (TPSA) is 49.8 Å². The van der Waals surface area contributed by atoms with Crippen LogP contribution in [0.2, 0.25) is 0 Å². The number of piperidine rings is 1. The van der Waals surface area contributed by atoms with E-state index >= 15 is 0 Å². The maximum atomic E-state index is 10.6. The van der Waals surface area contributed by atoms with Crippen LogP contribution < -0.4 is 0 Å². The quantitative estimate of drug-likeness (QED) is 0.663. The molecule has 1 rings (SSSR count). The number of carboxylic acid groups (broad SMARTS) is 1. The van der Waals surface area contributed by atoms with E-state index in [9.17, 15) is 4.79 Å². The largest absolute Gasteiger partial charge is 0.481 e. The van der Waals surface area contributed by atoms with Crippen molar-refractivity contribution in [2.45, 2.75) is 51.0 Å². The van der Waals surface area contributed by atoms with Gasteiger partial charge in [0, 0.05) is 26.2 Å². The molecule has 0 aromatic rings. The van der Waals surface area contributed by atoms with Crippen molar-refractivity contribution in [3.05, 3.63) is 0 Å². The van der Waals surface area contributed by atoms with Crippen LogP contribution in [-0.4, -0.2) is 48.8 Å². The van der Waals surface area contributed by atoms with E-state index in [0.717, 1.165) is 45.4 Å². The predicted octanol–water partition coefficient (Wildman–Crippen LogP) is 2.13. The Morgan fingerprint density at radius 1 is 1.41 bits per heavy atom. The minimum atomic E-state index is -0.671. The molecule has 0 spiro atoms. The van der Waals surface area contributed by atoms with Crippen LogP contribution in [0.15, 0.2) is 0 Å². The first kappa shape index (κ1) is 14.5. The van der Waals surface area contributed by atoms with Crippen molar-refractivity contribution in [2.24, 2.45) is 0 Å². The van der Waals surface area contributed by atoms with Crippen LogP contribution in [0.3, 0.4) is 0 Å². The van der Waals surface area contributed by atoms with Gasteiger partial charge in [0.15, 0.2) is 0 Å². The summed E-state index contributed by atoms with van der Waals surface area (Å²) < 4.78 is 5.04. The lowest BCUT2D eigenvalue weighted by atomic mass is 9.97. The Balaban J connectivity index is 2.24. The second-order valence-electron chi connectivity index (χ2n) is 4.82. The van der Waals surface area contributed by atoms with Gasteiger partial charge in [0.2, 0.25) is 0 Å². The molecule has 1 atom stereocenters. The first-order valence-electron chi connectivity index (χ1n) is 6.69. The summed E-state index contributed by atoms with van der Waals surface area (Å²) in [5.41, 5.74) is 0. The number of likely N-dealkylation sites (tertiary alicyclic amines) is 1. The zero-order valence-electron chi connectivity index (χ0n) is 10.9. The Labute approximate surface area is 104 Å². The van der Waals surface area contributed by atoms with Gasteiger partial charge in [-0.2, -0.15) is 0 Å². The number of carboxylic acids is 1. The fourth-order valence-electron chi connectivity index (χ4n) is 2.53. The summed E-state index contributed by atoms with van der Waals surface area (Å²) in [5, 5.41) is 8.74. The standard InChI is InChI=1S/C13H25NO3/c1-17-11-5-4-10-14-9-3-2-6-12(14)7-8-13(15)16/h12H,2-11H2,1H3,(H,15,16). The molecule has 1 fully saturated rings. The normalized spacial score (nSPS) is 21.6. The van der Waals surface area contributed by atoms with E-state index in [2.05, 4.69) is 4.90 Å². The summed E-state index contributed by atoms with van der Waals surface area (Å²) in [4.78, 5) is 13.1. The molecule has 0 aromatic carbocycles. The van der Waals surface area contributed by atoms with Crippen molar-refractivity contribution in [1.82, 2.24) is 4.90 Å². The maximum Gasteiger partial charge on any atom is 0.303 e. The van der Waals surface area contributed by atoms with Gasteiger partial charge in [-0.3, -0.25) is 4.79 Å². The molecule has 1 unspecified atom stereocenters. The van der Waals surface area contributed by atoms with E-state index in [0.29, 0.717) is 12.5 Å². The molecule has 1 aliphatic heterocycles. The molecular formula is C13H25NO3. The lowest BCUT2D eigenvalue weighted by molar-refractivity contribution is -0.137. The van der Waals surface area contributed by atoms with Gasteiger partial charge >= 0.3 is 5.97 Å². The van der Waals surface area contributed by atoms with Crippen LogP contribution in [0.1, 0.15) is 44.9 Å². The van der Waals surface area contributed by atoms with Crippen LogP contribution in [0.25, 0.3) is 0 Å². The zero-order chi connectivity index (χ0) is 12.5. The molecule has 100 valence electrons. The van der Waals surface area contributed by atoms with Crippen molar-refractivity contribution >= 4 is 5.97 Å². The number of nitrogens with zero attached hydrogens (tertiary/aromatic N) is 1. The molecule has 0 aromatic heterocycles. The third-order valence-electron chi connectivity index (χ3n) is 3.48. The number of rotatable bonds is 8. The van der Waals surface area contributed by atoms with Crippen molar-refractivity contribution in [3.63, 3.8) is 0 Å². The first-order chi connectivity index (χ1) is 8.24. The lowest BCUT2D eigenvalue weighted by Crippen LogP contribution is -2.40. The molecule has 1 N–H and O–H groups in total. The highest BCUT2D eigenvalue weighted by Crippen LogP contribution is 2.21. The molecular weight excluding hydrogens is 218 g/mol. The predicted molar refractivity (Wildman–Crippen MR) is 67.2 cm³/mol. The molecule has 4 heteroatoms. The second kappa shape index (κ2) is 8.48. The highest BCUT2D eigenvalue weighted by molar-refractivity contribution is 5.66. The second-order valence-corrected chi connectivity index (χ2v) is 4.82. The van der Waals surface area contributed by atoms with E-state index in [1.165, 1.54) is 12.8 Å². The van der Waals surface area contributed by atoms with Gasteiger partial charge < -0.3 is 14.7 Å². The number of hydrogen-bond donors (Lipinski definition) is 1. The van der Waals surface area contributed by atoms with E-state index < -0.39 is 5.97 Å². The molecule has 0 bridgehead atoms. The van der Waals surface area contributed by atoms with Crippen LogP contribution in [0.4, 0.5) is 0 Å². The summed E-state index contributed by atoms with van der Waals surface area (Å²) in [7, 11) is 1.73. The van der Waals surface area contributed by atoms with Gasteiger partial charge in [-0.05, 0) is 45.2 Å².